The molecule has 0 bridgehead atoms. The summed E-state index contributed by atoms with van der Waals surface area (Å²) in [6.07, 6.45) is 0.947. The molecule has 3 atom stereocenters. The highest BCUT2D eigenvalue weighted by Gasteiger charge is 2.24. The van der Waals surface area contributed by atoms with Crippen LogP contribution < -0.4 is 16.8 Å². The monoisotopic (exact) mass is 731 g/mol. The first-order chi connectivity index (χ1) is 16.2. The molecule has 0 aromatic rings. The van der Waals surface area contributed by atoms with E-state index >= 15 is 0 Å². The topological polar surface area (TPSA) is 180 Å². The SMILES string of the molecule is C.C.CCOC(=O)[C@@H](N)CCBr.CCOC(=O)[C@H](CCBr)NC(=O)OC(C)(C)C.N[C@@H](CCBr)C(=O)O. The molecule has 0 saturated carbocycles. The van der Waals surface area contributed by atoms with Crippen LogP contribution in [-0.4, -0.2) is 82.0 Å². The lowest BCUT2D eigenvalue weighted by Gasteiger charge is -2.22. The Kier molecular flexibility index (Phi) is 34.8. The Labute approximate surface area is 247 Å². The summed E-state index contributed by atoms with van der Waals surface area (Å²) in [6.45, 7) is 9.45. The van der Waals surface area contributed by atoms with E-state index in [0.29, 0.717) is 36.5 Å². The summed E-state index contributed by atoms with van der Waals surface area (Å²) in [5.41, 5.74) is 9.92. The second kappa shape index (κ2) is 28.1. The summed E-state index contributed by atoms with van der Waals surface area (Å²) in [7, 11) is 0. The fraction of sp³-hybridized carbons (Fsp3) is 0.826. The molecule has 0 aromatic carbocycles. The summed E-state index contributed by atoms with van der Waals surface area (Å²) in [5.74, 6) is -1.70. The number of hydrogen-bond donors (Lipinski definition) is 4. The van der Waals surface area contributed by atoms with Crippen molar-refractivity contribution in [1.82, 2.24) is 5.32 Å². The van der Waals surface area contributed by atoms with Gasteiger partial charge in [0.2, 0.25) is 0 Å². The zero-order valence-electron chi connectivity index (χ0n) is 21.0. The van der Waals surface area contributed by atoms with E-state index in [1.54, 1.807) is 34.6 Å². The van der Waals surface area contributed by atoms with Gasteiger partial charge in [-0.2, -0.15) is 0 Å². The number of ether oxygens (including phenoxy) is 3. The predicted molar refractivity (Wildman–Crippen MR) is 159 cm³/mol. The number of aliphatic carboxylic acids is 1. The number of esters is 2. The second-order valence-corrected chi connectivity index (χ2v) is 10.1. The quantitative estimate of drug-likeness (QED) is 0.128. The average molecular weight is 734 g/mol. The molecule has 37 heavy (non-hydrogen) atoms. The number of carboxylic acids is 1. The number of nitrogens with one attached hydrogen (secondary N) is 1. The fourth-order valence-corrected chi connectivity index (χ4v) is 3.22. The minimum Gasteiger partial charge on any atom is -0.480 e. The van der Waals surface area contributed by atoms with Crippen molar-refractivity contribution < 1.29 is 38.5 Å². The Morgan fingerprint density at radius 2 is 1.22 bits per heavy atom. The van der Waals surface area contributed by atoms with Crippen LogP contribution >= 0.6 is 47.8 Å². The molecule has 224 valence electrons. The maximum absolute atomic E-state index is 11.5. The molecule has 11 nitrogen and oxygen atoms in total. The van der Waals surface area contributed by atoms with E-state index in [0.717, 1.165) is 5.33 Å². The third-order valence-electron chi connectivity index (χ3n) is 3.41. The molecule has 0 aliphatic carbocycles. The number of amides is 1. The Morgan fingerprint density at radius 3 is 1.54 bits per heavy atom. The second-order valence-electron chi connectivity index (χ2n) is 7.69. The van der Waals surface area contributed by atoms with Crippen LogP contribution in [0.3, 0.4) is 0 Å². The molecule has 0 unspecified atom stereocenters. The number of rotatable bonds is 12. The number of nitrogens with two attached hydrogens (primary N) is 2. The third-order valence-corrected chi connectivity index (χ3v) is 4.78. The maximum Gasteiger partial charge on any atom is 0.408 e. The van der Waals surface area contributed by atoms with Crippen molar-refractivity contribution in [2.24, 2.45) is 11.5 Å². The van der Waals surface area contributed by atoms with Crippen LogP contribution in [0.2, 0.25) is 0 Å². The summed E-state index contributed by atoms with van der Waals surface area (Å²) in [5, 5.41) is 12.6. The standard InChI is InChI=1S/C11H20BrNO4.C6H12BrNO2.C4H8BrNO2.2CH4/c1-5-16-9(14)8(6-7-12)13-10(15)17-11(2,3)4;1-2-10-6(9)5(8)3-4-7;5-2-1-3(6)4(7)8;;/h8H,5-7H2,1-4H3,(H,13,15);5H,2-4,8H2,1H3;3H,1-2,6H2,(H,7,8);2*1H4/t8-;5-;3-;;/m000../s1. The van der Waals surface area contributed by atoms with Gasteiger partial charge in [-0.25, -0.2) is 9.59 Å². The molecule has 0 saturated heterocycles. The van der Waals surface area contributed by atoms with Gasteiger partial charge in [0.1, 0.15) is 23.7 Å². The van der Waals surface area contributed by atoms with Gasteiger partial charge in [-0.05, 0) is 53.9 Å². The van der Waals surface area contributed by atoms with Crippen molar-refractivity contribution in [2.75, 3.05) is 29.2 Å². The van der Waals surface area contributed by atoms with Gasteiger partial charge in [0.15, 0.2) is 0 Å². The number of carbonyl (C=O) groups is 4. The lowest BCUT2D eigenvalue weighted by molar-refractivity contribution is -0.146. The zero-order chi connectivity index (χ0) is 28.0. The average Bonchev–Trinajstić information content (AvgIpc) is 2.73. The highest BCUT2D eigenvalue weighted by atomic mass is 79.9. The Balaban J connectivity index is -0.000000147. The van der Waals surface area contributed by atoms with Crippen molar-refractivity contribution in [3.63, 3.8) is 0 Å². The maximum atomic E-state index is 11.5. The molecule has 1 amide bonds. The van der Waals surface area contributed by atoms with Crippen LogP contribution in [-0.2, 0) is 28.6 Å². The number of carboxylic acid groups (broad SMARTS) is 1. The van der Waals surface area contributed by atoms with Gasteiger partial charge in [0.05, 0.1) is 13.2 Å². The van der Waals surface area contributed by atoms with E-state index in [4.69, 9.17) is 26.0 Å². The van der Waals surface area contributed by atoms with Gasteiger partial charge in [0.25, 0.3) is 0 Å². The van der Waals surface area contributed by atoms with Gasteiger partial charge in [-0.3, -0.25) is 9.59 Å². The zero-order valence-corrected chi connectivity index (χ0v) is 25.7. The third kappa shape index (κ3) is 31.2. The molecule has 0 rings (SSSR count). The van der Waals surface area contributed by atoms with E-state index in [2.05, 4.69) is 57.8 Å². The Morgan fingerprint density at radius 1 is 0.811 bits per heavy atom. The minimum absolute atomic E-state index is 0. The number of carbonyl (C=O) groups excluding carboxylic acids is 3. The molecule has 0 aliphatic heterocycles. The van der Waals surface area contributed by atoms with Gasteiger partial charge < -0.3 is 36.1 Å². The lowest BCUT2D eigenvalue weighted by atomic mass is 10.2. The number of alkyl carbamates (subject to hydrolysis) is 1. The molecule has 6 N–H and O–H groups in total. The first-order valence-corrected chi connectivity index (χ1v) is 14.3. The Hall–Kier alpha value is -0.960. The van der Waals surface area contributed by atoms with E-state index in [9.17, 15) is 19.2 Å². The highest BCUT2D eigenvalue weighted by Crippen LogP contribution is 2.08. The predicted octanol–water partition coefficient (Wildman–Crippen LogP) is 4.35. The van der Waals surface area contributed by atoms with Crippen molar-refractivity contribution in [2.45, 2.75) is 92.5 Å². The number of halogens is 3. The van der Waals surface area contributed by atoms with Crippen LogP contribution in [0, 0.1) is 0 Å². The summed E-state index contributed by atoms with van der Waals surface area (Å²) in [4.78, 5) is 43.7. The van der Waals surface area contributed by atoms with Gasteiger partial charge >= 0.3 is 24.0 Å². The molecule has 0 fully saturated rings. The van der Waals surface area contributed by atoms with Crippen molar-refractivity contribution in [3.05, 3.63) is 0 Å². The first kappa shape index (κ1) is 45.9. The fourth-order valence-electron chi connectivity index (χ4n) is 1.78. The van der Waals surface area contributed by atoms with E-state index in [1.807, 2.05) is 0 Å². The molecule has 0 aromatic heterocycles. The normalized spacial score (nSPS) is 12.2. The Bertz CT molecular complexity index is 608. The smallest absolute Gasteiger partial charge is 0.408 e. The minimum atomic E-state index is -0.940. The molecule has 0 aliphatic rings. The molecule has 0 spiro atoms. The number of alkyl halides is 3. The van der Waals surface area contributed by atoms with Gasteiger partial charge in [-0.1, -0.05) is 62.6 Å². The van der Waals surface area contributed by atoms with E-state index < -0.39 is 41.8 Å². The highest BCUT2D eigenvalue weighted by molar-refractivity contribution is 9.09. The van der Waals surface area contributed by atoms with Crippen molar-refractivity contribution in [1.29, 1.82) is 0 Å². The van der Waals surface area contributed by atoms with Crippen LogP contribution in [0.5, 0.6) is 0 Å². The van der Waals surface area contributed by atoms with Crippen LogP contribution in [0.1, 0.15) is 68.7 Å². The molecule has 14 heteroatoms. The first-order valence-electron chi connectivity index (χ1n) is 10.9. The number of hydrogen-bond acceptors (Lipinski definition) is 9. The van der Waals surface area contributed by atoms with Crippen molar-refractivity contribution >= 4 is 71.8 Å². The molecular formula is C23H48Br3N3O8. The van der Waals surface area contributed by atoms with Crippen LogP contribution in [0.15, 0.2) is 0 Å². The largest absolute Gasteiger partial charge is 0.480 e. The van der Waals surface area contributed by atoms with Gasteiger partial charge in [0, 0.05) is 16.0 Å². The van der Waals surface area contributed by atoms with Crippen molar-refractivity contribution in [3.8, 4) is 0 Å². The lowest BCUT2D eigenvalue weighted by Crippen LogP contribution is -2.44. The molecule has 0 radical (unpaired) electrons. The molecule has 0 heterocycles. The van der Waals surface area contributed by atoms with E-state index in [1.165, 1.54) is 0 Å². The summed E-state index contributed by atoms with van der Waals surface area (Å²) >= 11 is 9.48. The summed E-state index contributed by atoms with van der Waals surface area (Å²) < 4.78 is 14.6. The van der Waals surface area contributed by atoms with Crippen LogP contribution in [0.4, 0.5) is 4.79 Å². The van der Waals surface area contributed by atoms with Crippen LogP contribution in [0.25, 0.3) is 0 Å². The molecular weight excluding hydrogens is 686 g/mol. The van der Waals surface area contributed by atoms with E-state index in [-0.39, 0.29) is 27.4 Å². The van der Waals surface area contributed by atoms with Gasteiger partial charge in [-0.15, -0.1) is 0 Å². The summed E-state index contributed by atoms with van der Waals surface area (Å²) in [6, 6.07) is -1.86.